The molecule has 0 unspecified atom stereocenters. The first-order valence-electron chi connectivity index (χ1n) is 10.2. The Kier molecular flexibility index (Phi) is 5.85. The van der Waals surface area contributed by atoms with Gasteiger partial charge in [-0.15, -0.1) is 0 Å². The van der Waals surface area contributed by atoms with Gasteiger partial charge in [-0.25, -0.2) is 9.97 Å². The molecular weight excluding hydrogens is 395 g/mol. The fraction of sp³-hybridized carbons (Fsp3) is 0.500. The molecule has 0 radical (unpaired) electrons. The van der Waals surface area contributed by atoms with Gasteiger partial charge in [-0.05, 0) is 43.6 Å². The Labute approximate surface area is 173 Å². The lowest BCUT2D eigenvalue weighted by molar-refractivity contribution is -0.141. The quantitative estimate of drug-likeness (QED) is 0.660. The third kappa shape index (κ3) is 4.69. The van der Waals surface area contributed by atoms with Crippen molar-refractivity contribution in [1.82, 2.24) is 14.9 Å². The maximum absolute atomic E-state index is 13.1. The minimum absolute atomic E-state index is 0.145. The summed E-state index contributed by atoms with van der Waals surface area (Å²) in [7, 11) is 0. The number of halogens is 3. The number of alkyl halides is 3. The first kappa shape index (κ1) is 20.5. The van der Waals surface area contributed by atoms with Crippen molar-refractivity contribution in [1.29, 1.82) is 0 Å². The molecule has 4 rings (SSSR count). The number of fused-ring (bicyclic) bond motifs is 1. The zero-order valence-corrected chi connectivity index (χ0v) is 16.7. The zero-order chi connectivity index (χ0) is 21.1. The predicted octanol–water partition coefficient (Wildman–Crippen LogP) is 3.37. The van der Waals surface area contributed by atoms with Crippen LogP contribution >= 0.6 is 0 Å². The summed E-state index contributed by atoms with van der Waals surface area (Å²) >= 11 is 0. The second-order valence-corrected chi connectivity index (χ2v) is 7.70. The van der Waals surface area contributed by atoms with E-state index < -0.39 is 11.9 Å². The number of pyridine rings is 2. The van der Waals surface area contributed by atoms with Crippen LogP contribution in [0.3, 0.4) is 0 Å². The second-order valence-electron chi connectivity index (χ2n) is 7.70. The summed E-state index contributed by atoms with van der Waals surface area (Å²) in [6, 6.07) is 4.87. The summed E-state index contributed by atoms with van der Waals surface area (Å²) in [6.07, 6.45) is 1.07. The highest BCUT2D eigenvalue weighted by atomic mass is 19.4. The summed E-state index contributed by atoms with van der Waals surface area (Å²) in [5.74, 6) is 0.650. The molecule has 0 atom stereocenters. The van der Waals surface area contributed by atoms with Gasteiger partial charge in [0.05, 0.1) is 12.4 Å². The van der Waals surface area contributed by atoms with E-state index in [1.54, 1.807) is 11.1 Å². The Morgan fingerprint density at radius 1 is 1.17 bits per heavy atom. The standard InChI is InChI=1S/C20H26F3N7/c21-20(22,23)16-10-15-18(19(24)28-16)27-13-30(15)12-14-4-5-17(26-11-14)25-6-9-29-7-2-1-3-8-29/h4-5,10-11,27H,1-3,6-9,12-13H2,(H2,24,28)(H,25,26). The molecule has 2 aliphatic rings. The molecule has 162 valence electrons. The van der Waals surface area contributed by atoms with Crippen molar-refractivity contribution in [3.8, 4) is 0 Å². The van der Waals surface area contributed by atoms with Crippen molar-refractivity contribution in [2.45, 2.75) is 32.0 Å². The topological polar surface area (TPSA) is 82.3 Å². The first-order valence-corrected chi connectivity index (χ1v) is 10.2. The van der Waals surface area contributed by atoms with Crippen molar-refractivity contribution >= 4 is 23.0 Å². The molecule has 30 heavy (non-hydrogen) atoms. The van der Waals surface area contributed by atoms with Crippen LogP contribution in [-0.4, -0.2) is 47.7 Å². The number of hydrogen-bond acceptors (Lipinski definition) is 7. The van der Waals surface area contributed by atoms with Crippen molar-refractivity contribution in [2.75, 3.05) is 54.1 Å². The van der Waals surface area contributed by atoms with Crippen LogP contribution in [0.1, 0.15) is 30.5 Å². The van der Waals surface area contributed by atoms with Crippen LogP contribution in [-0.2, 0) is 12.7 Å². The Hall–Kier alpha value is -2.75. The first-order chi connectivity index (χ1) is 14.4. The largest absolute Gasteiger partial charge is 0.433 e. The van der Waals surface area contributed by atoms with Crippen LogP contribution in [0.25, 0.3) is 0 Å². The number of anilines is 4. The molecule has 1 saturated heterocycles. The summed E-state index contributed by atoms with van der Waals surface area (Å²) in [6.45, 7) is 4.93. The van der Waals surface area contributed by atoms with Gasteiger partial charge < -0.3 is 26.2 Å². The molecule has 0 aliphatic carbocycles. The number of hydrogen-bond donors (Lipinski definition) is 3. The van der Waals surface area contributed by atoms with E-state index in [4.69, 9.17) is 5.73 Å². The van der Waals surface area contributed by atoms with Gasteiger partial charge in [0.1, 0.15) is 23.0 Å². The minimum atomic E-state index is -4.54. The number of piperidine rings is 1. The predicted molar refractivity (Wildman–Crippen MR) is 111 cm³/mol. The number of nitrogen functional groups attached to an aromatic ring is 1. The minimum Gasteiger partial charge on any atom is -0.382 e. The fourth-order valence-electron chi connectivity index (χ4n) is 3.90. The number of aromatic nitrogens is 2. The van der Waals surface area contributed by atoms with Crippen LogP contribution in [0, 0.1) is 0 Å². The van der Waals surface area contributed by atoms with Gasteiger partial charge >= 0.3 is 6.18 Å². The number of rotatable bonds is 6. The molecule has 2 aromatic rings. The van der Waals surface area contributed by atoms with E-state index in [1.165, 1.54) is 19.3 Å². The Morgan fingerprint density at radius 3 is 2.67 bits per heavy atom. The number of nitrogens with one attached hydrogen (secondary N) is 2. The molecule has 1 fully saturated rings. The molecule has 2 aromatic heterocycles. The van der Waals surface area contributed by atoms with Gasteiger partial charge in [-0.3, -0.25) is 0 Å². The number of nitrogens with two attached hydrogens (primary N) is 1. The summed E-state index contributed by atoms with van der Waals surface area (Å²) in [5, 5.41) is 6.35. The van der Waals surface area contributed by atoms with Gasteiger partial charge in [-0.2, -0.15) is 13.2 Å². The average molecular weight is 421 g/mol. The Morgan fingerprint density at radius 2 is 1.97 bits per heavy atom. The van der Waals surface area contributed by atoms with E-state index >= 15 is 0 Å². The third-order valence-electron chi connectivity index (χ3n) is 5.49. The third-order valence-corrected chi connectivity index (χ3v) is 5.49. The highest BCUT2D eigenvalue weighted by Gasteiger charge is 2.35. The fourth-order valence-corrected chi connectivity index (χ4v) is 3.90. The summed E-state index contributed by atoms with van der Waals surface area (Å²) in [5.41, 5.74) is 6.47. The van der Waals surface area contributed by atoms with Crippen LogP contribution in [0.4, 0.5) is 36.2 Å². The Balaban J connectivity index is 1.36. The SMILES string of the molecule is Nc1nc(C(F)(F)F)cc2c1NCN2Cc1ccc(NCCN2CCCCC2)nc1. The van der Waals surface area contributed by atoms with Gasteiger partial charge in [0.2, 0.25) is 0 Å². The number of nitrogens with zero attached hydrogens (tertiary/aromatic N) is 4. The maximum Gasteiger partial charge on any atom is 0.433 e. The van der Waals surface area contributed by atoms with Crippen molar-refractivity contribution in [3.05, 3.63) is 35.7 Å². The second kappa shape index (κ2) is 8.55. The van der Waals surface area contributed by atoms with E-state index in [0.717, 1.165) is 43.6 Å². The van der Waals surface area contributed by atoms with Crippen LogP contribution in [0.5, 0.6) is 0 Å². The molecule has 2 aliphatic heterocycles. The summed E-state index contributed by atoms with van der Waals surface area (Å²) in [4.78, 5) is 12.2. The molecule has 0 saturated carbocycles. The summed E-state index contributed by atoms with van der Waals surface area (Å²) < 4.78 is 39.2. The van der Waals surface area contributed by atoms with E-state index in [9.17, 15) is 13.2 Å². The highest BCUT2D eigenvalue weighted by Crippen LogP contribution is 2.40. The molecule has 0 bridgehead atoms. The monoisotopic (exact) mass is 421 g/mol. The van der Waals surface area contributed by atoms with Crippen LogP contribution in [0.2, 0.25) is 0 Å². The van der Waals surface area contributed by atoms with Gasteiger partial charge in [0.25, 0.3) is 0 Å². The van der Waals surface area contributed by atoms with Crippen LogP contribution in [0.15, 0.2) is 24.4 Å². The van der Waals surface area contributed by atoms with Gasteiger partial charge in [0.15, 0.2) is 0 Å². The Bertz CT molecular complexity index is 864. The number of likely N-dealkylation sites (tertiary alicyclic amines) is 1. The van der Waals surface area contributed by atoms with E-state index in [0.29, 0.717) is 24.6 Å². The smallest absolute Gasteiger partial charge is 0.382 e. The van der Waals surface area contributed by atoms with E-state index in [2.05, 4.69) is 25.5 Å². The van der Waals surface area contributed by atoms with Gasteiger partial charge in [0, 0.05) is 25.8 Å². The highest BCUT2D eigenvalue weighted by molar-refractivity contribution is 5.83. The van der Waals surface area contributed by atoms with Crippen molar-refractivity contribution < 1.29 is 13.2 Å². The lowest BCUT2D eigenvalue weighted by Gasteiger charge is -2.26. The average Bonchev–Trinajstić information content (AvgIpc) is 3.13. The molecule has 4 N–H and O–H groups in total. The molecule has 4 heterocycles. The zero-order valence-electron chi connectivity index (χ0n) is 16.7. The van der Waals surface area contributed by atoms with E-state index in [-0.39, 0.29) is 5.82 Å². The lowest BCUT2D eigenvalue weighted by atomic mass is 10.1. The lowest BCUT2D eigenvalue weighted by Crippen LogP contribution is -2.33. The van der Waals surface area contributed by atoms with Crippen molar-refractivity contribution in [3.63, 3.8) is 0 Å². The molecular formula is C20H26F3N7. The molecule has 7 nitrogen and oxygen atoms in total. The van der Waals surface area contributed by atoms with Gasteiger partial charge in [-0.1, -0.05) is 12.5 Å². The van der Waals surface area contributed by atoms with Crippen molar-refractivity contribution in [2.24, 2.45) is 0 Å². The van der Waals surface area contributed by atoms with Crippen LogP contribution < -0.4 is 21.3 Å². The van der Waals surface area contributed by atoms with E-state index in [1.807, 2.05) is 12.1 Å². The molecule has 10 heteroatoms. The molecule has 0 amide bonds. The normalized spacial score (nSPS) is 17.0. The molecule has 0 aromatic carbocycles. The molecule has 0 spiro atoms. The maximum atomic E-state index is 13.1.